The SMILES string of the molecule is CC(C)(C(=O)NCCO)c1ccc(Cl)nc1. The predicted molar refractivity (Wildman–Crippen MR) is 62.4 cm³/mol. The molecule has 0 radical (unpaired) electrons. The van der Waals surface area contributed by atoms with Crippen molar-refractivity contribution >= 4 is 17.5 Å². The Hall–Kier alpha value is -1.13. The van der Waals surface area contributed by atoms with Crippen LogP contribution in [0.1, 0.15) is 19.4 Å². The molecule has 0 aliphatic carbocycles. The van der Waals surface area contributed by atoms with Crippen LogP contribution in [0.3, 0.4) is 0 Å². The van der Waals surface area contributed by atoms with Crippen molar-refractivity contribution in [1.82, 2.24) is 10.3 Å². The van der Waals surface area contributed by atoms with Crippen LogP contribution in [0.5, 0.6) is 0 Å². The van der Waals surface area contributed by atoms with Crippen molar-refractivity contribution in [2.45, 2.75) is 19.3 Å². The van der Waals surface area contributed by atoms with Gasteiger partial charge in [-0.15, -0.1) is 0 Å². The molecule has 1 aromatic rings. The van der Waals surface area contributed by atoms with Crippen molar-refractivity contribution in [2.75, 3.05) is 13.2 Å². The Labute approximate surface area is 99.6 Å². The summed E-state index contributed by atoms with van der Waals surface area (Å²) in [6, 6.07) is 3.42. The van der Waals surface area contributed by atoms with E-state index in [-0.39, 0.29) is 19.1 Å². The maximum Gasteiger partial charge on any atom is 0.230 e. The molecule has 0 aliphatic rings. The second kappa shape index (κ2) is 5.27. The van der Waals surface area contributed by atoms with Gasteiger partial charge in [-0.2, -0.15) is 0 Å². The summed E-state index contributed by atoms with van der Waals surface area (Å²) in [5, 5.41) is 11.7. The topological polar surface area (TPSA) is 62.2 Å². The highest BCUT2D eigenvalue weighted by Crippen LogP contribution is 2.23. The first kappa shape index (κ1) is 12.9. The van der Waals surface area contributed by atoms with Gasteiger partial charge in [0.1, 0.15) is 5.15 Å². The third-order valence-corrected chi connectivity index (χ3v) is 2.64. The Morgan fingerprint density at radius 1 is 1.56 bits per heavy atom. The molecule has 4 nitrogen and oxygen atoms in total. The molecule has 1 amide bonds. The summed E-state index contributed by atoms with van der Waals surface area (Å²) in [7, 11) is 0. The summed E-state index contributed by atoms with van der Waals surface area (Å²) in [6.07, 6.45) is 1.58. The number of hydrogen-bond acceptors (Lipinski definition) is 3. The monoisotopic (exact) mass is 242 g/mol. The standard InChI is InChI=1S/C11H15ClN2O2/c1-11(2,10(16)13-5-6-15)8-3-4-9(12)14-7-8/h3-4,7,15H,5-6H2,1-2H3,(H,13,16). The van der Waals surface area contributed by atoms with Crippen LogP contribution in [0.4, 0.5) is 0 Å². The summed E-state index contributed by atoms with van der Waals surface area (Å²) < 4.78 is 0. The number of aliphatic hydroxyl groups is 1. The van der Waals surface area contributed by atoms with Crippen LogP contribution in [0.15, 0.2) is 18.3 Å². The maximum atomic E-state index is 11.8. The van der Waals surface area contributed by atoms with Gasteiger partial charge in [0.2, 0.25) is 5.91 Å². The first-order chi connectivity index (χ1) is 7.48. The molecule has 0 aliphatic heterocycles. The van der Waals surface area contributed by atoms with Crippen molar-refractivity contribution in [3.63, 3.8) is 0 Å². The lowest BCUT2D eigenvalue weighted by Crippen LogP contribution is -2.41. The highest BCUT2D eigenvalue weighted by molar-refractivity contribution is 6.29. The predicted octanol–water partition coefficient (Wildman–Crippen LogP) is 1.12. The zero-order valence-electron chi connectivity index (χ0n) is 9.33. The summed E-state index contributed by atoms with van der Waals surface area (Å²) >= 11 is 5.68. The van der Waals surface area contributed by atoms with E-state index in [2.05, 4.69) is 10.3 Å². The fourth-order valence-electron chi connectivity index (χ4n) is 1.27. The molecule has 0 saturated heterocycles. The molecule has 0 spiro atoms. The number of nitrogens with zero attached hydrogens (tertiary/aromatic N) is 1. The number of halogens is 1. The first-order valence-corrected chi connectivity index (χ1v) is 5.37. The van der Waals surface area contributed by atoms with E-state index in [1.807, 2.05) is 0 Å². The third-order valence-electron chi connectivity index (χ3n) is 2.41. The lowest BCUT2D eigenvalue weighted by molar-refractivity contribution is -0.125. The number of carbonyl (C=O) groups excluding carboxylic acids is 1. The van der Waals surface area contributed by atoms with Crippen molar-refractivity contribution < 1.29 is 9.90 Å². The molecule has 1 aromatic heterocycles. The first-order valence-electron chi connectivity index (χ1n) is 4.99. The van der Waals surface area contributed by atoms with E-state index in [0.29, 0.717) is 5.15 Å². The lowest BCUT2D eigenvalue weighted by Gasteiger charge is -2.23. The largest absolute Gasteiger partial charge is 0.395 e. The van der Waals surface area contributed by atoms with Gasteiger partial charge in [0.25, 0.3) is 0 Å². The van der Waals surface area contributed by atoms with Crippen LogP contribution in [-0.2, 0) is 10.2 Å². The van der Waals surface area contributed by atoms with Gasteiger partial charge in [-0.25, -0.2) is 4.98 Å². The number of amides is 1. The van der Waals surface area contributed by atoms with Crippen LogP contribution in [0, 0.1) is 0 Å². The highest BCUT2D eigenvalue weighted by atomic mass is 35.5. The molecule has 1 heterocycles. The number of rotatable bonds is 4. The Balaban J connectivity index is 2.83. The van der Waals surface area contributed by atoms with Crippen LogP contribution < -0.4 is 5.32 Å². The zero-order valence-corrected chi connectivity index (χ0v) is 10.1. The summed E-state index contributed by atoms with van der Waals surface area (Å²) in [6.45, 7) is 3.78. The second-order valence-electron chi connectivity index (χ2n) is 3.97. The van der Waals surface area contributed by atoms with E-state index in [0.717, 1.165) is 5.56 Å². The molecule has 0 atom stereocenters. The van der Waals surface area contributed by atoms with Crippen LogP contribution in [-0.4, -0.2) is 29.1 Å². The molecule has 0 unspecified atom stereocenters. The number of hydrogen-bond donors (Lipinski definition) is 2. The van der Waals surface area contributed by atoms with E-state index in [9.17, 15) is 4.79 Å². The van der Waals surface area contributed by atoms with E-state index in [1.165, 1.54) is 0 Å². The number of pyridine rings is 1. The molecule has 5 heteroatoms. The van der Waals surface area contributed by atoms with Crippen LogP contribution in [0.25, 0.3) is 0 Å². The summed E-state index contributed by atoms with van der Waals surface area (Å²) in [5.74, 6) is -0.148. The highest BCUT2D eigenvalue weighted by Gasteiger charge is 2.29. The van der Waals surface area contributed by atoms with Crippen molar-refractivity contribution in [1.29, 1.82) is 0 Å². The minimum Gasteiger partial charge on any atom is -0.395 e. The van der Waals surface area contributed by atoms with Gasteiger partial charge in [-0.1, -0.05) is 17.7 Å². The molecule has 1 rings (SSSR count). The van der Waals surface area contributed by atoms with Gasteiger partial charge < -0.3 is 10.4 Å². The van der Waals surface area contributed by atoms with Crippen molar-refractivity contribution in [2.24, 2.45) is 0 Å². The molecule has 0 aromatic carbocycles. The zero-order chi connectivity index (χ0) is 12.2. The fraction of sp³-hybridized carbons (Fsp3) is 0.455. The van der Waals surface area contributed by atoms with E-state index in [4.69, 9.17) is 16.7 Å². The molecule has 88 valence electrons. The quantitative estimate of drug-likeness (QED) is 0.778. The third kappa shape index (κ3) is 2.93. The summed E-state index contributed by atoms with van der Waals surface area (Å²) in [5.41, 5.74) is 0.0968. The van der Waals surface area contributed by atoms with Gasteiger partial charge in [0.15, 0.2) is 0 Å². The number of nitrogens with one attached hydrogen (secondary N) is 1. The minimum atomic E-state index is -0.688. The molecular formula is C11H15ClN2O2. The normalized spacial score (nSPS) is 11.2. The summed E-state index contributed by atoms with van der Waals surface area (Å²) in [4.78, 5) is 15.8. The van der Waals surface area contributed by atoms with Crippen molar-refractivity contribution in [3.8, 4) is 0 Å². The van der Waals surface area contributed by atoms with Gasteiger partial charge in [-0.05, 0) is 25.5 Å². The van der Waals surface area contributed by atoms with Gasteiger partial charge in [0, 0.05) is 12.7 Å². The average Bonchev–Trinajstić information content (AvgIpc) is 2.26. The second-order valence-corrected chi connectivity index (χ2v) is 4.36. The minimum absolute atomic E-state index is 0.0688. The van der Waals surface area contributed by atoms with Gasteiger partial charge in [0.05, 0.1) is 12.0 Å². The Kier molecular flexibility index (Phi) is 4.26. The number of aliphatic hydroxyl groups excluding tert-OH is 1. The van der Waals surface area contributed by atoms with Crippen molar-refractivity contribution in [3.05, 3.63) is 29.0 Å². The Morgan fingerprint density at radius 2 is 2.25 bits per heavy atom. The Bertz CT molecular complexity index is 363. The number of aromatic nitrogens is 1. The number of carbonyl (C=O) groups is 1. The molecule has 2 N–H and O–H groups in total. The van der Waals surface area contributed by atoms with Gasteiger partial charge in [-0.3, -0.25) is 4.79 Å². The average molecular weight is 243 g/mol. The van der Waals surface area contributed by atoms with E-state index in [1.54, 1.807) is 32.2 Å². The molecular weight excluding hydrogens is 228 g/mol. The van der Waals surface area contributed by atoms with Gasteiger partial charge >= 0.3 is 0 Å². The van der Waals surface area contributed by atoms with Crippen LogP contribution >= 0.6 is 11.6 Å². The molecule has 0 fully saturated rings. The molecule has 0 bridgehead atoms. The Morgan fingerprint density at radius 3 is 2.75 bits per heavy atom. The molecule has 0 saturated carbocycles. The van der Waals surface area contributed by atoms with Crippen LogP contribution in [0.2, 0.25) is 5.15 Å². The molecule has 16 heavy (non-hydrogen) atoms. The fourth-order valence-corrected chi connectivity index (χ4v) is 1.38. The van der Waals surface area contributed by atoms with E-state index < -0.39 is 5.41 Å². The lowest BCUT2D eigenvalue weighted by atomic mass is 9.85. The maximum absolute atomic E-state index is 11.8. The van der Waals surface area contributed by atoms with E-state index >= 15 is 0 Å². The smallest absolute Gasteiger partial charge is 0.230 e.